The predicted molar refractivity (Wildman–Crippen MR) is 117 cm³/mol. The average Bonchev–Trinajstić information content (AvgIpc) is 2.67. The van der Waals surface area contributed by atoms with Crippen LogP contribution in [0, 0.1) is 5.92 Å². The fourth-order valence-corrected chi connectivity index (χ4v) is 3.57. The third-order valence-corrected chi connectivity index (χ3v) is 5.20. The maximum absolute atomic E-state index is 13.4. The lowest BCUT2D eigenvalue weighted by Gasteiger charge is -2.35. The number of alkyl carbamates (subject to hydrolysis) is 1. The van der Waals surface area contributed by atoms with Crippen molar-refractivity contribution in [3.05, 3.63) is 51.9 Å². The lowest BCUT2D eigenvalue weighted by Crippen LogP contribution is -2.47. The molecule has 4 N–H and O–H groups in total. The van der Waals surface area contributed by atoms with Crippen molar-refractivity contribution in [2.45, 2.75) is 51.4 Å². The van der Waals surface area contributed by atoms with Crippen LogP contribution in [0.1, 0.15) is 49.7 Å². The van der Waals surface area contributed by atoms with Gasteiger partial charge in [-0.25, -0.2) is 4.79 Å². The number of aromatic amines is 1. The van der Waals surface area contributed by atoms with E-state index in [1.165, 1.54) is 24.3 Å². The Morgan fingerprint density at radius 3 is 2.29 bits per heavy atom. The maximum atomic E-state index is 13.4. The standard InChI is InChI=1S/C23H26F3N3O5/c1-22(2,3)34-21(32)28-14-8-12(9-14)11-33-15-6-4-13(5-7-15)16-10-17(19(27)30)20(31)29-18(16)23(24,25)26/h4-7,10,12,14H,8-9,11H2,1-3H3,(H2,27,30)(H,28,32)(H,29,31)/t12-,14-. The number of carbonyl (C=O) groups is 2. The van der Waals surface area contributed by atoms with Crippen LogP contribution in [0.5, 0.6) is 5.75 Å². The van der Waals surface area contributed by atoms with Gasteiger partial charge < -0.3 is 25.5 Å². The first kappa shape index (κ1) is 25.1. The molecule has 184 valence electrons. The van der Waals surface area contributed by atoms with Gasteiger partial charge in [0.25, 0.3) is 11.5 Å². The zero-order valence-electron chi connectivity index (χ0n) is 18.9. The lowest BCUT2D eigenvalue weighted by molar-refractivity contribution is -0.140. The highest BCUT2D eigenvalue weighted by atomic mass is 19.4. The molecule has 0 spiro atoms. The van der Waals surface area contributed by atoms with E-state index in [1.54, 1.807) is 25.8 Å². The van der Waals surface area contributed by atoms with Crippen molar-refractivity contribution >= 4 is 12.0 Å². The highest BCUT2D eigenvalue weighted by molar-refractivity contribution is 5.94. The Kier molecular flexibility index (Phi) is 6.94. The van der Waals surface area contributed by atoms with E-state index in [-0.39, 0.29) is 23.1 Å². The fourth-order valence-electron chi connectivity index (χ4n) is 3.57. The summed E-state index contributed by atoms with van der Waals surface area (Å²) in [6.07, 6.45) is -3.86. The van der Waals surface area contributed by atoms with Crippen molar-refractivity contribution in [2.75, 3.05) is 6.61 Å². The summed E-state index contributed by atoms with van der Waals surface area (Å²) < 4.78 is 51.2. The minimum atomic E-state index is -4.84. The minimum Gasteiger partial charge on any atom is -0.493 e. The van der Waals surface area contributed by atoms with Gasteiger partial charge in [-0.05, 0) is 63.3 Å². The van der Waals surface area contributed by atoms with Crippen LogP contribution in [0.2, 0.25) is 0 Å². The first-order valence-corrected chi connectivity index (χ1v) is 10.6. The largest absolute Gasteiger partial charge is 0.493 e. The Bertz CT molecular complexity index is 1110. The van der Waals surface area contributed by atoms with Crippen LogP contribution in [0.4, 0.5) is 18.0 Å². The average molecular weight is 481 g/mol. The van der Waals surface area contributed by atoms with Crippen LogP contribution in [-0.2, 0) is 10.9 Å². The SMILES string of the molecule is CC(C)(C)OC(=O)N[C@H]1C[C@H](COc2ccc(-c3cc(C(N)=O)c(=O)[nH]c3C(F)(F)F)cc2)C1. The van der Waals surface area contributed by atoms with Gasteiger partial charge in [0.05, 0.1) is 6.61 Å². The van der Waals surface area contributed by atoms with Crippen LogP contribution in [0.15, 0.2) is 35.1 Å². The highest BCUT2D eigenvalue weighted by Crippen LogP contribution is 2.36. The molecule has 0 atom stereocenters. The van der Waals surface area contributed by atoms with E-state index in [4.69, 9.17) is 15.2 Å². The van der Waals surface area contributed by atoms with E-state index < -0.39 is 40.6 Å². The molecule has 0 aliphatic heterocycles. The number of carbonyl (C=O) groups excluding carboxylic acids is 2. The number of primary amides is 1. The van der Waals surface area contributed by atoms with Crippen molar-refractivity contribution in [3.63, 3.8) is 0 Å². The molecule has 0 radical (unpaired) electrons. The summed E-state index contributed by atoms with van der Waals surface area (Å²) in [4.78, 5) is 36.7. The molecule has 1 aromatic heterocycles. The van der Waals surface area contributed by atoms with Crippen LogP contribution in [0.25, 0.3) is 11.1 Å². The number of halogens is 3. The topological polar surface area (TPSA) is 124 Å². The molecule has 1 aliphatic carbocycles. The second-order valence-corrected chi connectivity index (χ2v) is 9.18. The van der Waals surface area contributed by atoms with E-state index in [2.05, 4.69) is 5.32 Å². The van der Waals surface area contributed by atoms with Crippen LogP contribution < -0.4 is 21.3 Å². The Morgan fingerprint density at radius 1 is 1.15 bits per heavy atom. The summed E-state index contributed by atoms with van der Waals surface area (Å²) in [5, 5.41) is 2.79. The number of benzene rings is 1. The normalized spacial score (nSPS) is 18.1. The number of pyridine rings is 1. The number of hydrogen-bond acceptors (Lipinski definition) is 5. The Hall–Kier alpha value is -3.50. The molecule has 3 rings (SSSR count). The third-order valence-electron chi connectivity index (χ3n) is 5.20. The van der Waals surface area contributed by atoms with E-state index in [0.717, 1.165) is 18.9 Å². The number of alkyl halides is 3. The number of ether oxygens (including phenoxy) is 2. The van der Waals surface area contributed by atoms with E-state index in [1.807, 2.05) is 0 Å². The summed E-state index contributed by atoms with van der Waals surface area (Å²) in [7, 11) is 0. The van der Waals surface area contributed by atoms with Crippen molar-refractivity contribution in [1.29, 1.82) is 0 Å². The molecule has 2 aromatic rings. The molecule has 0 unspecified atom stereocenters. The van der Waals surface area contributed by atoms with Gasteiger partial charge in [0.15, 0.2) is 0 Å². The van der Waals surface area contributed by atoms with Gasteiger partial charge in [-0.1, -0.05) is 12.1 Å². The number of hydrogen-bond donors (Lipinski definition) is 3. The Balaban J connectivity index is 1.61. The maximum Gasteiger partial charge on any atom is 0.431 e. The van der Waals surface area contributed by atoms with E-state index in [9.17, 15) is 27.6 Å². The molecule has 1 saturated carbocycles. The second-order valence-electron chi connectivity index (χ2n) is 9.18. The molecule has 2 amide bonds. The number of aromatic nitrogens is 1. The van der Waals surface area contributed by atoms with Crippen LogP contribution in [0.3, 0.4) is 0 Å². The summed E-state index contributed by atoms with van der Waals surface area (Å²) >= 11 is 0. The molecule has 1 aliphatic rings. The monoisotopic (exact) mass is 481 g/mol. The number of H-pyrrole nitrogens is 1. The molecule has 1 fully saturated rings. The van der Waals surface area contributed by atoms with Crippen molar-refractivity contribution in [2.24, 2.45) is 11.7 Å². The summed E-state index contributed by atoms with van der Waals surface area (Å²) in [6.45, 7) is 5.73. The van der Waals surface area contributed by atoms with Crippen LogP contribution in [-0.4, -0.2) is 35.2 Å². The number of amides is 2. The Labute approximate surface area is 193 Å². The van der Waals surface area contributed by atoms with Gasteiger partial charge in [-0.15, -0.1) is 0 Å². The summed E-state index contributed by atoms with van der Waals surface area (Å²) in [5.41, 5.74) is 1.25. The molecule has 0 saturated heterocycles. The molecule has 0 bridgehead atoms. The summed E-state index contributed by atoms with van der Waals surface area (Å²) in [5.74, 6) is -0.467. The zero-order valence-corrected chi connectivity index (χ0v) is 18.9. The first-order valence-electron chi connectivity index (χ1n) is 10.6. The van der Waals surface area contributed by atoms with Gasteiger partial charge in [-0.2, -0.15) is 13.2 Å². The van der Waals surface area contributed by atoms with Crippen molar-refractivity contribution in [3.8, 4) is 16.9 Å². The molecule has 1 heterocycles. The minimum absolute atomic E-state index is 0.00584. The molecule has 1 aromatic carbocycles. The van der Waals surface area contributed by atoms with Crippen LogP contribution >= 0.6 is 0 Å². The third kappa shape index (κ3) is 6.30. The van der Waals surface area contributed by atoms with Gasteiger partial charge >= 0.3 is 12.3 Å². The molecule has 34 heavy (non-hydrogen) atoms. The van der Waals surface area contributed by atoms with E-state index in [0.29, 0.717) is 12.4 Å². The highest BCUT2D eigenvalue weighted by Gasteiger charge is 2.36. The predicted octanol–water partition coefficient (Wildman–Crippen LogP) is 3.84. The number of nitrogens with two attached hydrogens (primary N) is 1. The Morgan fingerprint density at radius 2 is 1.76 bits per heavy atom. The van der Waals surface area contributed by atoms with Gasteiger partial charge in [0.2, 0.25) is 0 Å². The zero-order chi connectivity index (χ0) is 25.3. The quantitative estimate of drug-likeness (QED) is 0.578. The van der Waals surface area contributed by atoms with Gasteiger partial charge in [0.1, 0.15) is 22.6 Å². The molecular formula is C23H26F3N3O5. The van der Waals surface area contributed by atoms with Crippen molar-refractivity contribution < 1.29 is 32.2 Å². The number of nitrogens with one attached hydrogen (secondary N) is 2. The van der Waals surface area contributed by atoms with Gasteiger partial charge in [-0.3, -0.25) is 9.59 Å². The first-order chi connectivity index (χ1) is 15.7. The van der Waals surface area contributed by atoms with E-state index >= 15 is 0 Å². The lowest BCUT2D eigenvalue weighted by atomic mass is 9.81. The molecular weight excluding hydrogens is 455 g/mol. The van der Waals surface area contributed by atoms with Gasteiger partial charge in [0, 0.05) is 11.6 Å². The fraction of sp³-hybridized carbons (Fsp3) is 0.435. The smallest absolute Gasteiger partial charge is 0.431 e. The molecule has 8 nitrogen and oxygen atoms in total. The molecule has 11 heteroatoms. The number of rotatable bonds is 6. The second kappa shape index (κ2) is 9.40. The summed E-state index contributed by atoms with van der Waals surface area (Å²) in [6, 6.07) is 6.64. The van der Waals surface area contributed by atoms with Crippen molar-refractivity contribution in [1.82, 2.24) is 10.3 Å².